The number of benzene rings is 1. The molecular weight excluding hydrogens is 230 g/mol. The quantitative estimate of drug-likeness (QED) is 0.751. The fourth-order valence-electron chi connectivity index (χ4n) is 3.40. The molecule has 1 atom stereocenters. The molecule has 19 heavy (non-hydrogen) atoms. The van der Waals surface area contributed by atoms with Gasteiger partial charge in [0.1, 0.15) is 0 Å². The lowest BCUT2D eigenvalue weighted by molar-refractivity contribution is 0.341. The number of hydrogen-bond acceptors (Lipinski definition) is 1. The van der Waals surface area contributed by atoms with Gasteiger partial charge in [-0.25, -0.2) is 0 Å². The second-order valence-corrected chi connectivity index (χ2v) is 5.89. The van der Waals surface area contributed by atoms with Crippen molar-refractivity contribution in [1.82, 2.24) is 5.32 Å². The third-order valence-electron chi connectivity index (χ3n) is 4.62. The Bertz CT molecular complexity index is 393. The number of fused-ring (bicyclic) bond motifs is 1. The number of nitrogens with one attached hydrogen (secondary N) is 1. The van der Waals surface area contributed by atoms with Gasteiger partial charge < -0.3 is 5.32 Å². The highest BCUT2D eigenvalue weighted by molar-refractivity contribution is 5.36. The summed E-state index contributed by atoms with van der Waals surface area (Å²) in [5.41, 5.74) is 4.71. The molecule has 0 radical (unpaired) electrons. The molecule has 0 heterocycles. The van der Waals surface area contributed by atoms with E-state index in [1.54, 1.807) is 11.1 Å². The van der Waals surface area contributed by atoms with Crippen LogP contribution in [0.2, 0.25) is 0 Å². The van der Waals surface area contributed by atoms with Gasteiger partial charge in [0.05, 0.1) is 0 Å². The molecule has 1 nitrogen and oxygen atoms in total. The first-order valence-electron chi connectivity index (χ1n) is 8.15. The van der Waals surface area contributed by atoms with E-state index >= 15 is 0 Å². The number of rotatable bonds is 7. The second kappa shape index (κ2) is 7.09. The molecule has 2 rings (SSSR count). The van der Waals surface area contributed by atoms with Crippen LogP contribution >= 0.6 is 0 Å². The first-order chi connectivity index (χ1) is 9.30. The minimum Gasteiger partial charge on any atom is -0.310 e. The Kier molecular flexibility index (Phi) is 5.45. The van der Waals surface area contributed by atoms with Crippen molar-refractivity contribution < 1.29 is 0 Å². The predicted octanol–water partition coefficient (Wildman–Crippen LogP) is 4.65. The van der Waals surface area contributed by atoms with Gasteiger partial charge in [-0.15, -0.1) is 0 Å². The van der Waals surface area contributed by atoms with Crippen LogP contribution in [0.15, 0.2) is 18.2 Å². The standard InChI is InChI=1S/C18H29N/c1-4-12-19-18(14(5-2)6-3)17-11-10-15-8-7-9-16(15)13-17/h10-11,13-14,18-19H,4-9,12H2,1-3H3. The third kappa shape index (κ3) is 3.39. The molecule has 1 aliphatic rings. The van der Waals surface area contributed by atoms with Gasteiger partial charge in [0.25, 0.3) is 0 Å². The van der Waals surface area contributed by atoms with Crippen LogP contribution in [0, 0.1) is 5.92 Å². The lowest BCUT2D eigenvalue weighted by atomic mass is 9.87. The summed E-state index contributed by atoms with van der Waals surface area (Å²) in [6.45, 7) is 8.02. The third-order valence-corrected chi connectivity index (χ3v) is 4.62. The minimum atomic E-state index is 0.542. The molecule has 0 saturated carbocycles. The van der Waals surface area contributed by atoms with E-state index in [9.17, 15) is 0 Å². The van der Waals surface area contributed by atoms with E-state index in [0.29, 0.717) is 6.04 Å². The van der Waals surface area contributed by atoms with Gasteiger partial charge in [-0.05, 0) is 54.8 Å². The summed E-state index contributed by atoms with van der Waals surface area (Å²) < 4.78 is 0. The SMILES string of the molecule is CCCNC(c1ccc2c(c1)CCC2)C(CC)CC. The highest BCUT2D eigenvalue weighted by atomic mass is 14.9. The van der Waals surface area contributed by atoms with Crippen molar-refractivity contribution in [3.63, 3.8) is 0 Å². The zero-order chi connectivity index (χ0) is 13.7. The Labute approximate surface area is 118 Å². The average Bonchev–Trinajstić information content (AvgIpc) is 2.90. The largest absolute Gasteiger partial charge is 0.310 e. The van der Waals surface area contributed by atoms with Crippen molar-refractivity contribution in [1.29, 1.82) is 0 Å². The molecule has 1 aliphatic carbocycles. The van der Waals surface area contributed by atoms with Crippen LogP contribution in [-0.2, 0) is 12.8 Å². The molecule has 1 aromatic rings. The van der Waals surface area contributed by atoms with Gasteiger partial charge in [0.15, 0.2) is 0 Å². The Morgan fingerprint density at radius 3 is 2.47 bits per heavy atom. The molecule has 1 heteroatoms. The van der Waals surface area contributed by atoms with Crippen molar-refractivity contribution >= 4 is 0 Å². The van der Waals surface area contributed by atoms with Crippen molar-refractivity contribution in [2.75, 3.05) is 6.54 Å². The molecular formula is C18H29N. The summed E-state index contributed by atoms with van der Waals surface area (Å²) >= 11 is 0. The van der Waals surface area contributed by atoms with Crippen LogP contribution in [0.5, 0.6) is 0 Å². The first kappa shape index (κ1) is 14.6. The lowest BCUT2D eigenvalue weighted by Crippen LogP contribution is -2.28. The summed E-state index contributed by atoms with van der Waals surface area (Å²) in [7, 11) is 0. The average molecular weight is 259 g/mol. The first-order valence-corrected chi connectivity index (χ1v) is 8.15. The van der Waals surface area contributed by atoms with Crippen LogP contribution in [0.25, 0.3) is 0 Å². The van der Waals surface area contributed by atoms with Gasteiger partial charge in [0, 0.05) is 6.04 Å². The predicted molar refractivity (Wildman–Crippen MR) is 83.6 cm³/mol. The molecule has 0 bridgehead atoms. The Morgan fingerprint density at radius 2 is 1.79 bits per heavy atom. The van der Waals surface area contributed by atoms with Gasteiger partial charge in [0.2, 0.25) is 0 Å². The molecule has 0 aromatic heterocycles. The van der Waals surface area contributed by atoms with Crippen LogP contribution in [0.3, 0.4) is 0 Å². The minimum absolute atomic E-state index is 0.542. The summed E-state index contributed by atoms with van der Waals surface area (Å²) in [6, 6.07) is 7.77. The van der Waals surface area contributed by atoms with Crippen molar-refractivity contribution in [3.05, 3.63) is 34.9 Å². The smallest absolute Gasteiger partial charge is 0.0348 e. The zero-order valence-electron chi connectivity index (χ0n) is 12.8. The highest BCUT2D eigenvalue weighted by Gasteiger charge is 2.21. The summed E-state index contributed by atoms with van der Waals surface area (Å²) in [5.74, 6) is 0.756. The van der Waals surface area contributed by atoms with Crippen LogP contribution in [0.1, 0.15) is 69.2 Å². The fourth-order valence-corrected chi connectivity index (χ4v) is 3.40. The molecule has 106 valence electrons. The molecule has 0 saturated heterocycles. The number of hydrogen-bond donors (Lipinski definition) is 1. The van der Waals surface area contributed by atoms with Crippen LogP contribution in [-0.4, -0.2) is 6.54 Å². The Balaban J connectivity index is 2.21. The molecule has 0 amide bonds. The van der Waals surface area contributed by atoms with Crippen molar-refractivity contribution in [3.8, 4) is 0 Å². The van der Waals surface area contributed by atoms with Gasteiger partial charge in [-0.2, -0.15) is 0 Å². The molecule has 1 N–H and O–H groups in total. The monoisotopic (exact) mass is 259 g/mol. The summed E-state index contributed by atoms with van der Waals surface area (Å²) in [6.07, 6.45) is 7.64. The van der Waals surface area contributed by atoms with E-state index in [4.69, 9.17) is 0 Å². The summed E-state index contributed by atoms with van der Waals surface area (Å²) in [4.78, 5) is 0. The number of aryl methyl sites for hydroxylation is 2. The lowest BCUT2D eigenvalue weighted by Gasteiger charge is -2.27. The van der Waals surface area contributed by atoms with E-state index in [1.165, 1.54) is 44.1 Å². The van der Waals surface area contributed by atoms with Crippen LogP contribution < -0.4 is 5.32 Å². The maximum atomic E-state index is 3.78. The van der Waals surface area contributed by atoms with Gasteiger partial charge in [-0.1, -0.05) is 51.8 Å². The molecule has 0 aliphatic heterocycles. The zero-order valence-corrected chi connectivity index (χ0v) is 12.8. The van der Waals surface area contributed by atoms with E-state index in [2.05, 4.69) is 44.3 Å². The van der Waals surface area contributed by atoms with Gasteiger partial charge >= 0.3 is 0 Å². The van der Waals surface area contributed by atoms with Crippen molar-refractivity contribution in [2.24, 2.45) is 5.92 Å². The van der Waals surface area contributed by atoms with Crippen LogP contribution in [0.4, 0.5) is 0 Å². The fraction of sp³-hybridized carbons (Fsp3) is 0.667. The maximum absolute atomic E-state index is 3.78. The molecule has 1 unspecified atom stereocenters. The van der Waals surface area contributed by atoms with E-state index < -0.39 is 0 Å². The highest BCUT2D eigenvalue weighted by Crippen LogP contribution is 2.31. The molecule has 0 fully saturated rings. The Hall–Kier alpha value is -0.820. The second-order valence-electron chi connectivity index (χ2n) is 5.89. The van der Waals surface area contributed by atoms with E-state index in [0.717, 1.165) is 12.5 Å². The maximum Gasteiger partial charge on any atom is 0.0348 e. The molecule has 0 spiro atoms. The summed E-state index contributed by atoms with van der Waals surface area (Å²) in [5, 5.41) is 3.78. The Morgan fingerprint density at radius 1 is 1.05 bits per heavy atom. The van der Waals surface area contributed by atoms with E-state index in [-0.39, 0.29) is 0 Å². The van der Waals surface area contributed by atoms with Crippen molar-refractivity contribution in [2.45, 2.75) is 65.3 Å². The van der Waals surface area contributed by atoms with E-state index in [1.807, 2.05) is 0 Å². The van der Waals surface area contributed by atoms with Gasteiger partial charge in [-0.3, -0.25) is 0 Å². The topological polar surface area (TPSA) is 12.0 Å². The normalized spacial score (nSPS) is 15.8. The molecule has 1 aromatic carbocycles.